The maximum atomic E-state index is 14.1. The molecule has 43 heavy (non-hydrogen) atoms. The van der Waals surface area contributed by atoms with Crippen molar-refractivity contribution in [2.45, 2.75) is 38.2 Å². The standard InChI is InChI=1S/C30H35F6N3OS.2ClH/c1-21-5-6-23(15-22(21)2)19-28(20-39(10-7-37-28)9-4-3-8-38-11-13-41-14-12-38)27(40)24-16-25(29(31,32)33)18-26(17-24)30(34,35)36;;/h3-6,15-18,37H,7-14,19-20H2,1-2H3;2*1H/b4-3+;;/t28-;;/m1../s1. The number of carbonyl (C=O) groups is 1. The number of rotatable bonds is 8. The number of piperazine rings is 1. The lowest BCUT2D eigenvalue weighted by Gasteiger charge is -2.43. The zero-order valence-corrected chi connectivity index (χ0v) is 26.4. The molecule has 2 aliphatic heterocycles. The molecule has 2 heterocycles. The summed E-state index contributed by atoms with van der Waals surface area (Å²) in [6.45, 7) is 8.31. The molecular formula is C30H37Cl2F6N3OS. The fraction of sp³-hybridized carbons (Fsp3) is 0.500. The maximum absolute atomic E-state index is 14.1. The van der Waals surface area contributed by atoms with Gasteiger partial charge < -0.3 is 5.32 Å². The summed E-state index contributed by atoms with van der Waals surface area (Å²) in [6, 6.07) is 6.79. The van der Waals surface area contributed by atoms with Crippen molar-refractivity contribution in [3.05, 3.63) is 81.9 Å². The molecule has 240 valence electrons. The quantitative estimate of drug-likeness (QED) is 0.189. The summed E-state index contributed by atoms with van der Waals surface area (Å²) in [5.41, 5.74) is -2.22. The summed E-state index contributed by atoms with van der Waals surface area (Å²) in [5, 5.41) is 3.21. The van der Waals surface area contributed by atoms with Crippen LogP contribution in [0.25, 0.3) is 0 Å². The van der Waals surface area contributed by atoms with Crippen LogP contribution in [-0.2, 0) is 18.8 Å². The molecule has 4 rings (SSSR count). The van der Waals surface area contributed by atoms with Crippen molar-refractivity contribution in [2.24, 2.45) is 0 Å². The predicted molar refractivity (Wildman–Crippen MR) is 165 cm³/mol. The van der Waals surface area contributed by atoms with Gasteiger partial charge in [-0.05, 0) is 55.2 Å². The van der Waals surface area contributed by atoms with Gasteiger partial charge in [-0.2, -0.15) is 38.1 Å². The summed E-state index contributed by atoms with van der Waals surface area (Å²) < 4.78 is 81.7. The van der Waals surface area contributed by atoms with Crippen molar-refractivity contribution in [1.29, 1.82) is 0 Å². The summed E-state index contributed by atoms with van der Waals surface area (Å²) in [5.74, 6) is 1.41. The number of thioether (sulfide) groups is 1. The van der Waals surface area contributed by atoms with E-state index >= 15 is 0 Å². The maximum Gasteiger partial charge on any atom is 0.416 e. The molecule has 1 N–H and O–H groups in total. The Kier molecular flexibility index (Phi) is 13.5. The van der Waals surface area contributed by atoms with E-state index in [0.29, 0.717) is 31.8 Å². The lowest BCUT2D eigenvalue weighted by Crippen LogP contribution is -2.65. The third-order valence-electron chi connectivity index (χ3n) is 7.74. The van der Waals surface area contributed by atoms with Crippen LogP contribution in [-0.4, -0.2) is 78.4 Å². The van der Waals surface area contributed by atoms with Crippen molar-refractivity contribution in [2.75, 3.05) is 57.3 Å². The molecule has 2 aliphatic rings. The first kappa shape index (κ1) is 37.4. The monoisotopic (exact) mass is 671 g/mol. The van der Waals surface area contributed by atoms with E-state index in [2.05, 4.69) is 16.3 Å². The minimum absolute atomic E-state index is 0. The number of carbonyl (C=O) groups excluding carboxylic acids is 1. The smallest absolute Gasteiger partial charge is 0.302 e. The van der Waals surface area contributed by atoms with Crippen LogP contribution < -0.4 is 5.32 Å². The molecule has 2 aromatic rings. The number of aryl methyl sites for hydroxylation is 2. The molecule has 0 spiro atoms. The first-order valence-corrected chi connectivity index (χ1v) is 14.8. The number of benzene rings is 2. The van der Waals surface area contributed by atoms with E-state index < -0.39 is 40.4 Å². The minimum Gasteiger partial charge on any atom is -0.302 e. The molecule has 0 radical (unpaired) electrons. The average molecular weight is 673 g/mol. The van der Waals surface area contributed by atoms with E-state index in [1.54, 1.807) is 0 Å². The highest BCUT2D eigenvalue weighted by Gasteiger charge is 2.44. The second-order valence-corrected chi connectivity index (χ2v) is 12.1. The Labute approximate surface area is 265 Å². The molecule has 0 amide bonds. The fourth-order valence-corrected chi connectivity index (χ4v) is 6.31. The van der Waals surface area contributed by atoms with Gasteiger partial charge in [0, 0.05) is 62.9 Å². The van der Waals surface area contributed by atoms with Crippen LogP contribution in [0.4, 0.5) is 26.3 Å². The van der Waals surface area contributed by atoms with Crippen molar-refractivity contribution < 1.29 is 31.1 Å². The fourth-order valence-electron chi connectivity index (χ4n) is 5.33. The lowest BCUT2D eigenvalue weighted by molar-refractivity contribution is -0.143. The first-order valence-electron chi connectivity index (χ1n) is 13.6. The van der Waals surface area contributed by atoms with E-state index in [9.17, 15) is 31.1 Å². The van der Waals surface area contributed by atoms with Crippen LogP contribution >= 0.6 is 36.6 Å². The second-order valence-electron chi connectivity index (χ2n) is 10.8. The van der Waals surface area contributed by atoms with Gasteiger partial charge in [0.05, 0.1) is 16.7 Å². The summed E-state index contributed by atoms with van der Waals surface area (Å²) in [7, 11) is 0. The zero-order chi connectivity index (χ0) is 29.8. The molecule has 2 saturated heterocycles. The number of alkyl halides is 6. The highest BCUT2D eigenvalue weighted by atomic mass is 35.5. The van der Waals surface area contributed by atoms with E-state index in [1.165, 1.54) is 0 Å². The highest BCUT2D eigenvalue weighted by Crippen LogP contribution is 2.37. The highest BCUT2D eigenvalue weighted by molar-refractivity contribution is 7.99. The van der Waals surface area contributed by atoms with Gasteiger partial charge in [-0.1, -0.05) is 30.4 Å². The lowest BCUT2D eigenvalue weighted by atomic mass is 9.80. The Morgan fingerprint density at radius 1 is 0.860 bits per heavy atom. The Balaban J connectivity index is 0.00000323. The van der Waals surface area contributed by atoms with Crippen LogP contribution in [0.1, 0.15) is 38.2 Å². The molecule has 2 aromatic carbocycles. The third-order valence-corrected chi connectivity index (χ3v) is 8.69. The Morgan fingerprint density at radius 3 is 2.00 bits per heavy atom. The van der Waals surface area contributed by atoms with Gasteiger partial charge >= 0.3 is 12.4 Å². The SMILES string of the molecule is Cc1ccc(C[C@]2(C(=O)c3cc(C(F)(F)F)cc(C(F)(F)F)c3)CN(C/C=C/CN3CCSCC3)CCN2)cc1C.Cl.Cl. The second kappa shape index (κ2) is 15.5. The van der Waals surface area contributed by atoms with E-state index in [0.717, 1.165) is 47.8 Å². The molecular weight excluding hydrogens is 635 g/mol. The molecule has 0 aliphatic carbocycles. The molecule has 1 atom stereocenters. The van der Waals surface area contributed by atoms with Crippen LogP contribution in [0, 0.1) is 13.8 Å². The molecule has 0 saturated carbocycles. The Morgan fingerprint density at radius 2 is 1.44 bits per heavy atom. The predicted octanol–water partition coefficient (Wildman–Crippen LogP) is 6.86. The zero-order valence-electron chi connectivity index (χ0n) is 24.0. The van der Waals surface area contributed by atoms with E-state index in [1.807, 2.05) is 54.8 Å². The van der Waals surface area contributed by atoms with Gasteiger partial charge in [0.15, 0.2) is 5.78 Å². The number of nitrogens with zero attached hydrogens (tertiary/aromatic N) is 2. The average Bonchev–Trinajstić information content (AvgIpc) is 2.92. The van der Waals surface area contributed by atoms with Gasteiger partial charge in [0.25, 0.3) is 0 Å². The number of Topliss-reactive ketones (excluding diaryl/α,β-unsaturated/α-hetero) is 1. The first-order chi connectivity index (χ1) is 19.3. The third kappa shape index (κ3) is 9.86. The Bertz CT molecular complexity index is 1240. The van der Waals surface area contributed by atoms with Crippen molar-refractivity contribution in [3.63, 3.8) is 0 Å². The van der Waals surface area contributed by atoms with Gasteiger partial charge in [0.1, 0.15) is 0 Å². The van der Waals surface area contributed by atoms with Gasteiger partial charge in [-0.3, -0.25) is 14.6 Å². The number of halogens is 8. The number of nitrogens with one attached hydrogen (secondary N) is 1. The number of ketones is 1. The molecule has 0 unspecified atom stereocenters. The van der Waals surface area contributed by atoms with E-state index in [4.69, 9.17) is 0 Å². The van der Waals surface area contributed by atoms with Crippen LogP contribution in [0.5, 0.6) is 0 Å². The molecule has 13 heteroatoms. The molecule has 4 nitrogen and oxygen atoms in total. The van der Waals surface area contributed by atoms with Crippen molar-refractivity contribution in [3.8, 4) is 0 Å². The van der Waals surface area contributed by atoms with Crippen LogP contribution in [0.3, 0.4) is 0 Å². The summed E-state index contributed by atoms with van der Waals surface area (Å²) in [4.78, 5) is 18.4. The summed E-state index contributed by atoms with van der Waals surface area (Å²) >= 11 is 1.93. The Hall–Kier alpha value is -1.76. The van der Waals surface area contributed by atoms with Crippen LogP contribution in [0.2, 0.25) is 0 Å². The molecule has 2 fully saturated rings. The van der Waals surface area contributed by atoms with Crippen molar-refractivity contribution in [1.82, 2.24) is 15.1 Å². The number of hydrogen-bond donors (Lipinski definition) is 1. The van der Waals surface area contributed by atoms with Gasteiger partial charge in [0.2, 0.25) is 0 Å². The molecule has 0 bridgehead atoms. The van der Waals surface area contributed by atoms with Crippen LogP contribution in [0.15, 0.2) is 48.6 Å². The summed E-state index contributed by atoms with van der Waals surface area (Å²) in [6.07, 6.45) is -5.86. The van der Waals surface area contributed by atoms with Gasteiger partial charge in [-0.15, -0.1) is 24.8 Å². The largest absolute Gasteiger partial charge is 0.416 e. The van der Waals surface area contributed by atoms with E-state index in [-0.39, 0.29) is 43.8 Å². The van der Waals surface area contributed by atoms with Crippen molar-refractivity contribution >= 4 is 42.4 Å². The van der Waals surface area contributed by atoms with Gasteiger partial charge in [-0.25, -0.2) is 0 Å². The number of hydrogen-bond acceptors (Lipinski definition) is 5. The normalized spacial score (nSPS) is 20.5. The molecule has 0 aromatic heterocycles. The minimum atomic E-state index is -5.04. The topological polar surface area (TPSA) is 35.6 Å².